The summed E-state index contributed by atoms with van der Waals surface area (Å²) >= 11 is 5.13. The number of hydrogen-bond donors (Lipinski definition) is 0. The number of benzene rings is 2. The lowest BCUT2D eigenvalue weighted by Gasteiger charge is -2.10. The Morgan fingerprint density at radius 3 is 2.73 bits per heavy atom. The Morgan fingerprint density at radius 2 is 2.04 bits per heavy atom. The number of rotatable bonds is 6. The fourth-order valence-electron chi connectivity index (χ4n) is 2.81. The van der Waals surface area contributed by atoms with E-state index in [1.807, 2.05) is 24.3 Å². The zero-order valence-electron chi connectivity index (χ0n) is 14.2. The lowest BCUT2D eigenvalue weighted by molar-refractivity contribution is 0.412. The molecule has 0 N–H and O–H groups in total. The molecule has 0 bridgehead atoms. The molecule has 4 rings (SSSR count). The number of thioether (sulfide) groups is 1. The van der Waals surface area contributed by atoms with Crippen molar-refractivity contribution in [1.29, 1.82) is 0 Å². The van der Waals surface area contributed by atoms with Crippen LogP contribution in [0.25, 0.3) is 11.4 Å². The molecular weight excluding hydrogens is 417 g/mol. The SMILES string of the molecule is COc1ccc(CSc2nnc(-c3ccccc3F)n2C2CC2)cc1Br. The Morgan fingerprint density at radius 1 is 1.23 bits per heavy atom. The van der Waals surface area contributed by atoms with Crippen molar-refractivity contribution in [2.24, 2.45) is 0 Å². The van der Waals surface area contributed by atoms with Crippen molar-refractivity contribution in [1.82, 2.24) is 14.8 Å². The van der Waals surface area contributed by atoms with E-state index >= 15 is 0 Å². The van der Waals surface area contributed by atoms with Crippen LogP contribution in [0.1, 0.15) is 24.4 Å². The summed E-state index contributed by atoms with van der Waals surface area (Å²) in [5.41, 5.74) is 1.66. The highest BCUT2D eigenvalue weighted by Gasteiger charge is 2.30. The zero-order valence-corrected chi connectivity index (χ0v) is 16.6. The lowest BCUT2D eigenvalue weighted by Crippen LogP contribution is -2.01. The third-order valence-electron chi connectivity index (χ3n) is 4.28. The first kappa shape index (κ1) is 17.5. The highest BCUT2D eigenvalue weighted by molar-refractivity contribution is 9.10. The fourth-order valence-corrected chi connectivity index (χ4v) is 4.35. The summed E-state index contributed by atoms with van der Waals surface area (Å²) in [6, 6.07) is 13.1. The zero-order chi connectivity index (χ0) is 18.1. The second-order valence-corrected chi connectivity index (χ2v) is 7.94. The number of aromatic nitrogens is 3. The van der Waals surface area contributed by atoms with Gasteiger partial charge in [-0.05, 0) is 58.6 Å². The summed E-state index contributed by atoms with van der Waals surface area (Å²) < 4.78 is 22.5. The molecule has 1 aromatic heterocycles. The van der Waals surface area contributed by atoms with Crippen LogP contribution in [0.15, 0.2) is 52.1 Å². The average molecular weight is 434 g/mol. The Kier molecular flexibility index (Phi) is 5.00. The van der Waals surface area contributed by atoms with Crippen molar-refractivity contribution in [3.05, 3.63) is 58.3 Å². The molecule has 26 heavy (non-hydrogen) atoms. The summed E-state index contributed by atoms with van der Waals surface area (Å²) in [6.45, 7) is 0. The maximum Gasteiger partial charge on any atom is 0.192 e. The lowest BCUT2D eigenvalue weighted by atomic mass is 10.2. The van der Waals surface area contributed by atoms with E-state index < -0.39 is 0 Å². The molecular formula is C19H17BrFN3OS. The van der Waals surface area contributed by atoms with E-state index in [4.69, 9.17) is 4.74 Å². The number of hydrogen-bond acceptors (Lipinski definition) is 4. The van der Waals surface area contributed by atoms with Gasteiger partial charge in [0.05, 0.1) is 17.1 Å². The minimum absolute atomic E-state index is 0.266. The topological polar surface area (TPSA) is 39.9 Å². The Balaban J connectivity index is 1.60. The molecule has 2 aromatic carbocycles. The second kappa shape index (κ2) is 7.40. The van der Waals surface area contributed by atoms with E-state index in [0.717, 1.165) is 39.5 Å². The molecule has 0 atom stereocenters. The molecule has 1 aliphatic rings. The minimum atomic E-state index is -0.266. The molecule has 1 fully saturated rings. The van der Waals surface area contributed by atoms with Gasteiger partial charge in [0, 0.05) is 11.8 Å². The van der Waals surface area contributed by atoms with Gasteiger partial charge in [-0.25, -0.2) is 4.39 Å². The summed E-state index contributed by atoms with van der Waals surface area (Å²) in [5, 5.41) is 9.46. The average Bonchev–Trinajstić information content (AvgIpc) is 3.40. The number of ether oxygens (including phenoxy) is 1. The van der Waals surface area contributed by atoms with E-state index in [1.165, 1.54) is 6.07 Å². The van der Waals surface area contributed by atoms with E-state index in [-0.39, 0.29) is 5.82 Å². The normalized spacial score (nSPS) is 13.8. The quantitative estimate of drug-likeness (QED) is 0.482. The Hall–Kier alpha value is -1.86. The van der Waals surface area contributed by atoms with Crippen LogP contribution in [0.4, 0.5) is 4.39 Å². The minimum Gasteiger partial charge on any atom is -0.496 e. The van der Waals surface area contributed by atoms with Crippen molar-refractivity contribution in [2.75, 3.05) is 7.11 Å². The maximum atomic E-state index is 14.2. The van der Waals surface area contributed by atoms with Crippen molar-refractivity contribution >= 4 is 27.7 Å². The first-order chi connectivity index (χ1) is 12.7. The first-order valence-corrected chi connectivity index (χ1v) is 10.1. The van der Waals surface area contributed by atoms with Gasteiger partial charge in [0.25, 0.3) is 0 Å². The monoisotopic (exact) mass is 433 g/mol. The van der Waals surface area contributed by atoms with Gasteiger partial charge in [-0.3, -0.25) is 4.57 Å². The largest absolute Gasteiger partial charge is 0.496 e. The predicted octanol–water partition coefficient (Wildman–Crippen LogP) is 5.48. The van der Waals surface area contributed by atoms with E-state index in [2.05, 4.69) is 30.7 Å². The number of nitrogens with zero attached hydrogens (tertiary/aromatic N) is 3. The molecule has 0 saturated heterocycles. The van der Waals surface area contributed by atoms with Gasteiger partial charge < -0.3 is 4.74 Å². The van der Waals surface area contributed by atoms with Crippen LogP contribution in [0, 0.1) is 5.82 Å². The molecule has 0 amide bonds. The van der Waals surface area contributed by atoms with Crippen molar-refractivity contribution in [3.8, 4) is 17.1 Å². The molecule has 0 spiro atoms. The van der Waals surface area contributed by atoms with Gasteiger partial charge in [-0.1, -0.05) is 30.0 Å². The summed E-state index contributed by atoms with van der Waals surface area (Å²) in [6.07, 6.45) is 2.17. The number of halogens is 2. The van der Waals surface area contributed by atoms with E-state index in [0.29, 0.717) is 17.4 Å². The van der Waals surface area contributed by atoms with Crippen molar-refractivity contribution in [2.45, 2.75) is 29.8 Å². The molecule has 0 aliphatic heterocycles. The van der Waals surface area contributed by atoms with E-state index in [1.54, 1.807) is 31.0 Å². The molecule has 0 radical (unpaired) electrons. The molecule has 4 nitrogen and oxygen atoms in total. The van der Waals surface area contributed by atoms with Crippen LogP contribution in [-0.4, -0.2) is 21.9 Å². The van der Waals surface area contributed by atoms with E-state index in [9.17, 15) is 4.39 Å². The summed E-state index contributed by atoms with van der Waals surface area (Å²) in [7, 11) is 1.65. The van der Waals surface area contributed by atoms with Gasteiger partial charge in [-0.15, -0.1) is 10.2 Å². The third kappa shape index (κ3) is 3.50. The van der Waals surface area contributed by atoms with Gasteiger partial charge in [-0.2, -0.15) is 0 Å². The maximum absolute atomic E-state index is 14.2. The number of methoxy groups -OCH3 is 1. The van der Waals surface area contributed by atoms with Crippen LogP contribution in [0.3, 0.4) is 0 Å². The third-order valence-corrected chi connectivity index (χ3v) is 5.91. The fraction of sp³-hybridized carbons (Fsp3) is 0.263. The standard InChI is InChI=1S/C19H17BrFN3OS/c1-25-17-9-6-12(10-15(17)20)11-26-19-23-22-18(24(19)13-7-8-13)14-4-2-3-5-16(14)21/h2-6,9-10,13H,7-8,11H2,1H3. The molecule has 3 aromatic rings. The molecule has 0 unspecified atom stereocenters. The molecule has 1 saturated carbocycles. The summed E-state index contributed by atoms with van der Waals surface area (Å²) in [4.78, 5) is 0. The van der Waals surface area contributed by atoms with Gasteiger partial charge in [0.2, 0.25) is 0 Å². The second-order valence-electron chi connectivity index (χ2n) is 6.14. The Labute approximate surface area is 163 Å². The highest BCUT2D eigenvalue weighted by atomic mass is 79.9. The summed E-state index contributed by atoms with van der Waals surface area (Å²) in [5.74, 6) is 1.91. The van der Waals surface area contributed by atoms with Crippen LogP contribution in [0.2, 0.25) is 0 Å². The molecule has 1 heterocycles. The molecule has 1 aliphatic carbocycles. The Bertz CT molecular complexity index is 942. The van der Waals surface area contributed by atoms with Crippen LogP contribution < -0.4 is 4.74 Å². The van der Waals surface area contributed by atoms with Gasteiger partial charge in [0.1, 0.15) is 11.6 Å². The first-order valence-electron chi connectivity index (χ1n) is 8.32. The molecule has 134 valence electrons. The highest BCUT2D eigenvalue weighted by Crippen LogP contribution is 2.42. The van der Waals surface area contributed by atoms with Crippen LogP contribution >= 0.6 is 27.7 Å². The van der Waals surface area contributed by atoms with Gasteiger partial charge >= 0.3 is 0 Å². The van der Waals surface area contributed by atoms with Gasteiger partial charge in [0.15, 0.2) is 11.0 Å². The van der Waals surface area contributed by atoms with Crippen molar-refractivity contribution < 1.29 is 9.13 Å². The van der Waals surface area contributed by atoms with Crippen molar-refractivity contribution in [3.63, 3.8) is 0 Å². The predicted molar refractivity (Wildman–Crippen MR) is 104 cm³/mol. The molecule has 7 heteroatoms. The van der Waals surface area contributed by atoms with Crippen LogP contribution in [0.5, 0.6) is 5.75 Å². The van der Waals surface area contributed by atoms with Crippen LogP contribution in [-0.2, 0) is 5.75 Å². The smallest absolute Gasteiger partial charge is 0.192 e.